The molecule has 0 radical (unpaired) electrons. The molecule has 0 spiro atoms. The van der Waals surface area contributed by atoms with E-state index in [1.807, 2.05) is 0 Å². The number of nitrogens with zero attached hydrogens (tertiary/aromatic N) is 1. The summed E-state index contributed by atoms with van der Waals surface area (Å²) in [5.41, 5.74) is 0. The Bertz CT molecular complexity index is 192. The zero-order valence-corrected chi connectivity index (χ0v) is 13.0. The maximum Gasteiger partial charge on any atom is 0.345 e. The van der Waals surface area contributed by atoms with Crippen molar-refractivity contribution in [1.29, 1.82) is 0 Å². The molecule has 18 heavy (non-hydrogen) atoms. The van der Waals surface area contributed by atoms with Gasteiger partial charge in [0, 0.05) is 0 Å². The molecule has 3 nitrogen and oxygen atoms in total. The Morgan fingerprint density at radius 2 is 1.17 bits per heavy atom. The van der Waals surface area contributed by atoms with E-state index >= 15 is 0 Å². The van der Waals surface area contributed by atoms with Crippen molar-refractivity contribution in [2.75, 3.05) is 27.2 Å². The average molecular weight is 256 g/mol. The summed E-state index contributed by atoms with van der Waals surface area (Å²) in [4.78, 5) is 0. The van der Waals surface area contributed by atoms with Crippen molar-refractivity contribution in [2.24, 2.45) is 0 Å². The second-order valence-corrected chi connectivity index (χ2v) is 5.22. The lowest BCUT2D eigenvalue weighted by Gasteiger charge is -2.08. The van der Waals surface area contributed by atoms with Crippen LogP contribution in [0.3, 0.4) is 0 Å². The molecule has 0 rings (SSSR count). The van der Waals surface area contributed by atoms with Crippen LogP contribution in [0.15, 0.2) is 0 Å². The fourth-order valence-corrected chi connectivity index (χ4v) is 1.90. The Morgan fingerprint density at radius 3 is 1.50 bits per heavy atom. The smallest absolute Gasteiger partial charge is 0.278 e. The number of guanidine groups is 1. The molecule has 0 aliphatic carbocycles. The van der Waals surface area contributed by atoms with Crippen molar-refractivity contribution in [3.63, 3.8) is 0 Å². The number of unbranched alkanes of at least 4 members (excludes halogenated alkanes) is 6. The van der Waals surface area contributed by atoms with Gasteiger partial charge in [-0.1, -0.05) is 52.4 Å². The molecular weight excluding hydrogens is 222 g/mol. The molecule has 0 saturated carbocycles. The van der Waals surface area contributed by atoms with Gasteiger partial charge in [0.05, 0.1) is 27.2 Å². The third kappa shape index (κ3) is 10.4. The third-order valence-corrected chi connectivity index (χ3v) is 3.09. The van der Waals surface area contributed by atoms with Crippen LogP contribution in [-0.2, 0) is 0 Å². The van der Waals surface area contributed by atoms with Gasteiger partial charge in [0.25, 0.3) is 0 Å². The second kappa shape index (κ2) is 12.7. The van der Waals surface area contributed by atoms with Crippen molar-refractivity contribution >= 4 is 5.96 Å². The lowest BCUT2D eigenvalue weighted by molar-refractivity contribution is -0.469. The summed E-state index contributed by atoms with van der Waals surface area (Å²) >= 11 is 0. The van der Waals surface area contributed by atoms with Gasteiger partial charge < -0.3 is 0 Å². The van der Waals surface area contributed by atoms with Crippen LogP contribution in [0.2, 0.25) is 0 Å². The highest BCUT2D eigenvalue weighted by molar-refractivity contribution is 5.74. The Balaban J connectivity index is 3.64. The molecule has 108 valence electrons. The van der Waals surface area contributed by atoms with E-state index in [0.717, 1.165) is 13.1 Å². The van der Waals surface area contributed by atoms with Gasteiger partial charge in [0.2, 0.25) is 0 Å². The van der Waals surface area contributed by atoms with Crippen molar-refractivity contribution in [3.05, 3.63) is 0 Å². The predicted octanol–water partition coefficient (Wildman–Crippen LogP) is 2.95. The molecule has 0 aliphatic rings. The fraction of sp³-hybridized carbons (Fsp3) is 0.933. The van der Waals surface area contributed by atoms with E-state index < -0.39 is 0 Å². The summed E-state index contributed by atoms with van der Waals surface area (Å²) in [5.74, 6) is 1.17. The first-order valence-electron chi connectivity index (χ1n) is 7.74. The van der Waals surface area contributed by atoms with E-state index in [0.29, 0.717) is 0 Å². The van der Waals surface area contributed by atoms with Crippen LogP contribution >= 0.6 is 0 Å². The maximum atomic E-state index is 3.50. The SMILES string of the molecule is CCCCCCNC(NCCCCCC)=[N+](C)C. The summed E-state index contributed by atoms with van der Waals surface area (Å²) in [6, 6.07) is 0. The van der Waals surface area contributed by atoms with Crippen molar-refractivity contribution in [3.8, 4) is 0 Å². The van der Waals surface area contributed by atoms with E-state index in [2.05, 4.69) is 43.2 Å². The highest BCUT2D eigenvalue weighted by Gasteiger charge is 2.05. The first-order valence-corrected chi connectivity index (χ1v) is 7.74. The van der Waals surface area contributed by atoms with Gasteiger partial charge in [-0.3, -0.25) is 15.2 Å². The minimum Gasteiger partial charge on any atom is -0.278 e. The Morgan fingerprint density at radius 1 is 0.722 bits per heavy atom. The van der Waals surface area contributed by atoms with Crippen molar-refractivity contribution in [2.45, 2.75) is 65.2 Å². The van der Waals surface area contributed by atoms with Gasteiger partial charge in [-0.05, 0) is 12.8 Å². The molecule has 0 aliphatic heterocycles. The number of hydrogen-bond acceptors (Lipinski definition) is 0. The van der Waals surface area contributed by atoms with E-state index in [1.165, 1.54) is 57.3 Å². The standard InChI is InChI=1S/C15H33N3/c1-5-7-9-11-13-16-15(18(3)4)17-14-12-10-8-6-2/h5-14H2,1-4H3,(H,16,17)/p+1. The summed E-state index contributed by atoms with van der Waals surface area (Å²) in [5, 5.41) is 7.00. The van der Waals surface area contributed by atoms with Gasteiger partial charge in [0.1, 0.15) is 0 Å². The lowest BCUT2D eigenvalue weighted by atomic mass is 10.2. The minimum absolute atomic E-state index is 1.08. The summed E-state index contributed by atoms with van der Waals surface area (Å²) < 4.78 is 2.14. The van der Waals surface area contributed by atoms with Crippen LogP contribution < -0.4 is 10.6 Å². The quantitative estimate of drug-likeness (QED) is 0.272. The molecule has 3 heteroatoms. The third-order valence-electron chi connectivity index (χ3n) is 3.09. The molecular formula is C15H34N3+. The van der Waals surface area contributed by atoms with Crippen molar-refractivity contribution < 1.29 is 4.58 Å². The van der Waals surface area contributed by atoms with Gasteiger partial charge in [-0.25, -0.2) is 0 Å². The normalized spacial score (nSPS) is 10.2. The highest BCUT2D eigenvalue weighted by Crippen LogP contribution is 1.98. The first-order chi connectivity index (χ1) is 8.72. The lowest BCUT2D eigenvalue weighted by Crippen LogP contribution is -2.43. The molecule has 0 unspecified atom stereocenters. The highest BCUT2D eigenvalue weighted by atomic mass is 15.2. The van der Waals surface area contributed by atoms with Crippen molar-refractivity contribution in [1.82, 2.24) is 10.6 Å². The van der Waals surface area contributed by atoms with Gasteiger partial charge in [0.15, 0.2) is 0 Å². The number of rotatable bonds is 10. The molecule has 2 N–H and O–H groups in total. The summed E-state index contributed by atoms with van der Waals surface area (Å²) in [7, 11) is 4.18. The van der Waals surface area contributed by atoms with E-state index in [-0.39, 0.29) is 0 Å². The Labute approximate surface area is 114 Å². The monoisotopic (exact) mass is 256 g/mol. The molecule has 0 fully saturated rings. The molecule has 0 heterocycles. The van der Waals surface area contributed by atoms with E-state index in [4.69, 9.17) is 0 Å². The predicted molar refractivity (Wildman–Crippen MR) is 81.4 cm³/mol. The number of hydrogen-bond donors (Lipinski definition) is 2. The largest absolute Gasteiger partial charge is 0.345 e. The second-order valence-electron chi connectivity index (χ2n) is 5.22. The van der Waals surface area contributed by atoms with E-state index in [9.17, 15) is 0 Å². The molecule has 0 bridgehead atoms. The Kier molecular flexibility index (Phi) is 12.2. The summed E-state index contributed by atoms with van der Waals surface area (Å²) in [6.45, 7) is 6.66. The topological polar surface area (TPSA) is 27.1 Å². The van der Waals surface area contributed by atoms with Crippen LogP contribution in [0.4, 0.5) is 0 Å². The maximum absolute atomic E-state index is 3.50. The van der Waals surface area contributed by atoms with Gasteiger partial charge in [-0.2, -0.15) is 0 Å². The van der Waals surface area contributed by atoms with Gasteiger partial charge in [-0.15, -0.1) is 0 Å². The van der Waals surface area contributed by atoms with Crippen LogP contribution in [0, 0.1) is 0 Å². The van der Waals surface area contributed by atoms with Crippen LogP contribution in [-0.4, -0.2) is 37.7 Å². The molecule has 0 aromatic rings. The molecule has 0 aromatic carbocycles. The van der Waals surface area contributed by atoms with E-state index in [1.54, 1.807) is 0 Å². The van der Waals surface area contributed by atoms with Crippen LogP contribution in [0.1, 0.15) is 65.2 Å². The van der Waals surface area contributed by atoms with Gasteiger partial charge >= 0.3 is 5.96 Å². The Hall–Kier alpha value is -0.730. The first kappa shape index (κ1) is 17.3. The van der Waals surface area contributed by atoms with Crippen LogP contribution in [0.25, 0.3) is 0 Å². The molecule has 0 aromatic heterocycles. The number of nitrogens with one attached hydrogen (secondary N) is 2. The molecule has 0 saturated heterocycles. The fourth-order valence-electron chi connectivity index (χ4n) is 1.90. The zero-order valence-electron chi connectivity index (χ0n) is 13.0. The minimum atomic E-state index is 1.08. The molecule has 0 amide bonds. The van der Waals surface area contributed by atoms with Crippen LogP contribution in [0.5, 0.6) is 0 Å². The summed E-state index contributed by atoms with van der Waals surface area (Å²) in [6.07, 6.45) is 10.5. The molecule has 0 atom stereocenters. The zero-order chi connectivity index (χ0) is 13.6. The average Bonchev–Trinajstić information content (AvgIpc) is 2.35.